The molecule has 0 unspecified atom stereocenters. The Hall–Kier alpha value is -3.70. The number of anilines is 3. The largest absolute Gasteiger partial charge is 0.395 e. The van der Waals surface area contributed by atoms with E-state index in [9.17, 15) is 4.39 Å². The molecule has 0 saturated carbocycles. The topological polar surface area (TPSA) is 95.2 Å². The maximum atomic E-state index is 15.1. The predicted octanol–water partition coefficient (Wildman–Crippen LogP) is 3.71. The van der Waals surface area contributed by atoms with Crippen molar-refractivity contribution in [3.63, 3.8) is 0 Å². The summed E-state index contributed by atoms with van der Waals surface area (Å²) in [6.45, 7) is 8.54. The molecule has 2 N–H and O–H groups in total. The first-order chi connectivity index (χ1) is 18.3. The molecule has 0 radical (unpaired) electrons. The summed E-state index contributed by atoms with van der Waals surface area (Å²) in [6, 6.07) is 6.82. The number of rotatable bonds is 6. The van der Waals surface area contributed by atoms with Crippen molar-refractivity contribution in [2.75, 3.05) is 49.5 Å². The predicted molar refractivity (Wildman–Crippen MR) is 142 cm³/mol. The molecule has 11 heteroatoms. The van der Waals surface area contributed by atoms with Crippen molar-refractivity contribution < 1.29 is 13.9 Å². The quantitative estimate of drug-likeness (QED) is 0.398. The molecule has 0 aliphatic carbocycles. The number of hydrogen-bond donors (Lipinski definition) is 2. The minimum atomic E-state index is -0.640. The number of β-amino-alcohol motifs (C(OH)–C–C–N with tert-alkyl or cyclic N) is 1. The van der Waals surface area contributed by atoms with E-state index in [1.807, 2.05) is 16.7 Å². The first-order valence-electron chi connectivity index (χ1n) is 12.9. The van der Waals surface area contributed by atoms with E-state index in [1.165, 1.54) is 6.07 Å². The van der Waals surface area contributed by atoms with Gasteiger partial charge in [-0.3, -0.25) is 4.90 Å². The summed E-state index contributed by atoms with van der Waals surface area (Å²) in [6.07, 6.45) is 4.55. The average Bonchev–Trinajstić information content (AvgIpc) is 3.44. The Labute approximate surface area is 219 Å². The number of aryl methyl sites for hydroxylation is 1. The Morgan fingerprint density at radius 1 is 1.00 bits per heavy atom. The zero-order valence-electron chi connectivity index (χ0n) is 21.5. The number of benzene rings is 1. The van der Waals surface area contributed by atoms with Gasteiger partial charge in [-0.15, -0.1) is 0 Å². The Kier molecular flexibility index (Phi) is 6.19. The lowest BCUT2D eigenvalue weighted by Crippen LogP contribution is -2.47. The monoisotopic (exact) mass is 520 g/mol. The molecular formula is C27H30F2N8O. The van der Waals surface area contributed by atoms with Crippen molar-refractivity contribution >= 4 is 28.5 Å². The molecule has 2 aliphatic rings. The van der Waals surface area contributed by atoms with Crippen molar-refractivity contribution in [1.29, 1.82) is 0 Å². The van der Waals surface area contributed by atoms with Gasteiger partial charge in [0.1, 0.15) is 22.9 Å². The van der Waals surface area contributed by atoms with Gasteiger partial charge in [0, 0.05) is 50.2 Å². The highest BCUT2D eigenvalue weighted by Gasteiger charge is 2.33. The van der Waals surface area contributed by atoms with E-state index in [0.717, 1.165) is 56.7 Å². The van der Waals surface area contributed by atoms with Gasteiger partial charge in [0.25, 0.3) is 0 Å². The van der Waals surface area contributed by atoms with Gasteiger partial charge in [0.15, 0.2) is 11.6 Å². The van der Waals surface area contributed by atoms with E-state index in [4.69, 9.17) is 5.11 Å². The molecule has 1 aromatic carbocycles. The van der Waals surface area contributed by atoms with Crippen LogP contribution in [0.3, 0.4) is 0 Å². The molecule has 0 spiro atoms. The second-order valence-corrected chi connectivity index (χ2v) is 10.5. The molecule has 9 nitrogen and oxygen atoms in total. The van der Waals surface area contributed by atoms with Gasteiger partial charge in [-0.25, -0.2) is 28.7 Å². The average molecular weight is 521 g/mol. The van der Waals surface area contributed by atoms with E-state index < -0.39 is 11.6 Å². The van der Waals surface area contributed by atoms with Gasteiger partial charge in [0.05, 0.1) is 30.2 Å². The fourth-order valence-electron chi connectivity index (χ4n) is 5.46. The molecule has 4 aromatic rings. The fraction of sp³-hybridized carbons (Fsp3) is 0.407. The minimum Gasteiger partial charge on any atom is -0.395 e. The molecule has 3 aromatic heterocycles. The van der Waals surface area contributed by atoms with Crippen LogP contribution in [0.25, 0.3) is 22.3 Å². The molecule has 5 heterocycles. The summed E-state index contributed by atoms with van der Waals surface area (Å²) < 4.78 is 32.0. The number of aromatic nitrogens is 5. The minimum absolute atomic E-state index is 0.00650. The van der Waals surface area contributed by atoms with Crippen LogP contribution in [0.5, 0.6) is 0 Å². The summed E-state index contributed by atoms with van der Waals surface area (Å²) in [5.74, 6) is 0.379. The number of aliphatic hydroxyl groups excluding tert-OH is 1. The Bertz CT molecular complexity index is 1480. The normalized spacial score (nSPS) is 17.2. The Morgan fingerprint density at radius 3 is 2.55 bits per heavy atom. The summed E-state index contributed by atoms with van der Waals surface area (Å²) in [4.78, 5) is 21.9. The number of halogens is 2. The first-order valence-corrected chi connectivity index (χ1v) is 12.9. The lowest BCUT2D eigenvalue weighted by Gasteiger charge is -2.35. The lowest BCUT2D eigenvalue weighted by molar-refractivity contribution is 0.189. The van der Waals surface area contributed by atoms with E-state index in [1.54, 1.807) is 12.3 Å². The smallest absolute Gasteiger partial charge is 0.229 e. The van der Waals surface area contributed by atoms with Crippen LogP contribution in [0.2, 0.25) is 0 Å². The van der Waals surface area contributed by atoms with Gasteiger partial charge in [-0.2, -0.15) is 0 Å². The molecule has 38 heavy (non-hydrogen) atoms. The van der Waals surface area contributed by atoms with Crippen LogP contribution in [0.1, 0.15) is 26.1 Å². The maximum Gasteiger partial charge on any atom is 0.229 e. The highest BCUT2D eigenvalue weighted by Crippen LogP contribution is 2.38. The van der Waals surface area contributed by atoms with E-state index in [-0.39, 0.29) is 23.8 Å². The third-order valence-electron chi connectivity index (χ3n) is 7.51. The van der Waals surface area contributed by atoms with Crippen LogP contribution in [-0.4, -0.2) is 73.8 Å². The van der Waals surface area contributed by atoms with Crippen molar-refractivity contribution in [2.45, 2.75) is 32.2 Å². The fourth-order valence-corrected chi connectivity index (χ4v) is 5.46. The van der Waals surface area contributed by atoms with Gasteiger partial charge in [-0.05, 0) is 44.5 Å². The van der Waals surface area contributed by atoms with Crippen molar-refractivity contribution in [3.05, 3.63) is 54.1 Å². The summed E-state index contributed by atoms with van der Waals surface area (Å²) in [7, 11) is 0. The number of nitrogens with zero attached hydrogens (tertiary/aromatic N) is 7. The van der Waals surface area contributed by atoms with E-state index in [2.05, 4.69) is 48.9 Å². The zero-order chi connectivity index (χ0) is 26.4. The molecule has 198 valence electrons. The summed E-state index contributed by atoms with van der Waals surface area (Å²) in [5.41, 5.74) is 2.07. The SMILES string of the molecule is CC1(C)CCc2nc3c(F)cc(-c4nc(Nc5ccc(N6CCN(CCO)CC6)cn5)ncc4F)cc3n21. The van der Waals surface area contributed by atoms with Crippen LogP contribution in [-0.2, 0) is 12.0 Å². The third kappa shape index (κ3) is 4.45. The van der Waals surface area contributed by atoms with Gasteiger partial charge in [0.2, 0.25) is 5.95 Å². The number of nitrogens with one attached hydrogen (secondary N) is 1. The number of aliphatic hydroxyl groups is 1. The molecule has 6 rings (SSSR count). The van der Waals surface area contributed by atoms with Crippen molar-refractivity contribution in [1.82, 2.24) is 29.4 Å². The molecule has 0 amide bonds. The highest BCUT2D eigenvalue weighted by molar-refractivity contribution is 5.83. The zero-order valence-corrected chi connectivity index (χ0v) is 21.5. The molecule has 2 aliphatic heterocycles. The van der Waals surface area contributed by atoms with Gasteiger partial charge >= 0.3 is 0 Å². The highest BCUT2D eigenvalue weighted by atomic mass is 19.1. The van der Waals surface area contributed by atoms with E-state index in [0.29, 0.717) is 29.0 Å². The van der Waals surface area contributed by atoms with E-state index >= 15 is 4.39 Å². The Balaban J connectivity index is 1.24. The van der Waals surface area contributed by atoms with Crippen LogP contribution in [0.15, 0.2) is 36.7 Å². The van der Waals surface area contributed by atoms with Crippen molar-refractivity contribution in [2.24, 2.45) is 0 Å². The first kappa shape index (κ1) is 24.6. The van der Waals surface area contributed by atoms with Gasteiger partial charge in [-0.1, -0.05) is 0 Å². The van der Waals surface area contributed by atoms with Crippen LogP contribution < -0.4 is 10.2 Å². The van der Waals surface area contributed by atoms with Crippen LogP contribution in [0.4, 0.5) is 26.2 Å². The number of fused-ring (bicyclic) bond motifs is 3. The molecule has 1 saturated heterocycles. The number of hydrogen-bond acceptors (Lipinski definition) is 8. The van der Waals surface area contributed by atoms with Crippen LogP contribution >= 0.6 is 0 Å². The number of pyridine rings is 1. The number of piperazine rings is 1. The third-order valence-corrected chi connectivity index (χ3v) is 7.51. The number of imidazole rings is 1. The van der Waals surface area contributed by atoms with Crippen molar-refractivity contribution in [3.8, 4) is 11.3 Å². The second kappa shape index (κ2) is 9.55. The molecular weight excluding hydrogens is 490 g/mol. The van der Waals surface area contributed by atoms with Gasteiger partial charge < -0.3 is 19.9 Å². The van der Waals surface area contributed by atoms with Crippen LogP contribution in [0, 0.1) is 11.6 Å². The lowest BCUT2D eigenvalue weighted by atomic mass is 10.0. The second-order valence-electron chi connectivity index (χ2n) is 10.5. The summed E-state index contributed by atoms with van der Waals surface area (Å²) in [5, 5.41) is 12.2. The maximum absolute atomic E-state index is 15.1. The molecule has 0 bridgehead atoms. The molecule has 0 atom stereocenters. The molecule has 1 fully saturated rings. The Morgan fingerprint density at radius 2 is 1.82 bits per heavy atom. The summed E-state index contributed by atoms with van der Waals surface area (Å²) >= 11 is 0. The standard InChI is InChI=1S/C27H30F2N8O/c1-27(2)6-5-23-33-25-19(28)13-17(14-21(25)37(23)27)24-20(29)16-31-26(34-24)32-22-4-3-18(15-30-22)36-9-7-35(8-10-36)11-12-38/h3-4,13-16,38H,5-12H2,1-2H3,(H,30,31,32,34).